The number of aromatic nitrogens is 3. The summed E-state index contributed by atoms with van der Waals surface area (Å²) in [6.07, 6.45) is -0.639. The minimum absolute atomic E-state index is 0.146. The Morgan fingerprint density at radius 3 is 2.53 bits per heavy atom. The monoisotopic (exact) mass is 460 g/mol. The van der Waals surface area contributed by atoms with Crippen LogP contribution in [-0.4, -0.2) is 26.8 Å². The zero-order valence-corrected chi connectivity index (χ0v) is 18.6. The summed E-state index contributed by atoms with van der Waals surface area (Å²) in [5.74, 6) is 0.922. The predicted octanol–water partition coefficient (Wildman–Crippen LogP) is 5.79. The standard InChI is InChI=1S/C21H18Cl2N4O2S/c1-3-16(28)27-15-11-6-5-8-12(15)18-19(24-21(26-25-18)30-4-2)29-20(27)17-13(22)9-7-10-14(17)23/h5-11,20H,3-4H2,1-2H3/t20-/m1/s1. The van der Waals surface area contributed by atoms with Crippen molar-refractivity contribution in [1.82, 2.24) is 15.2 Å². The number of hydrogen-bond acceptors (Lipinski definition) is 6. The van der Waals surface area contributed by atoms with Crippen molar-refractivity contribution in [2.75, 3.05) is 10.7 Å². The van der Waals surface area contributed by atoms with Crippen LogP contribution in [0.15, 0.2) is 47.6 Å². The van der Waals surface area contributed by atoms with Crippen molar-refractivity contribution >= 4 is 46.6 Å². The maximum atomic E-state index is 13.1. The summed E-state index contributed by atoms with van der Waals surface area (Å²) in [6.45, 7) is 3.80. The number of thioether (sulfide) groups is 1. The van der Waals surface area contributed by atoms with Gasteiger partial charge in [0, 0.05) is 12.0 Å². The van der Waals surface area contributed by atoms with E-state index in [9.17, 15) is 4.79 Å². The number of halogens is 2. The van der Waals surface area contributed by atoms with Gasteiger partial charge in [0.2, 0.25) is 23.2 Å². The van der Waals surface area contributed by atoms with E-state index in [1.165, 1.54) is 11.8 Å². The van der Waals surface area contributed by atoms with Crippen molar-refractivity contribution in [3.63, 3.8) is 0 Å². The summed E-state index contributed by atoms with van der Waals surface area (Å²) in [6, 6.07) is 12.6. The minimum Gasteiger partial charge on any atom is -0.447 e. The molecule has 1 amide bonds. The lowest BCUT2D eigenvalue weighted by atomic mass is 10.1. The molecule has 1 aliphatic heterocycles. The fourth-order valence-corrected chi connectivity index (χ4v) is 4.37. The Labute approximate surface area is 188 Å². The third-order valence-corrected chi connectivity index (χ3v) is 5.98. The number of hydrogen-bond donors (Lipinski definition) is 0. The SMILES string of the molecule is CCSc1nnc2c(n1)O[C@H](c1c(Cl)cccc1Cl)N(C(=O)CC)c1ccccc1-2. The number of para-hydroxylation sites is 1. The van der Waals surface area contributed by atoms with Gasteiger partial charge in [0.05, 0.1) is 21.3 Å². The molecule has 0 unspecified atom stereocenters. The molecule has 6 nitrogen and oxygen atoms in total. The Morgan fingerprint density at radius 1 is 1.10 bits per heavy atom. The summed E-state index contributed by atoms with van der Waals surface area (Å²) < 4.78 is 6.32. The molecule has 0 aliphatic carbocycles. The Morgan fingerprint density at radius 2 is 1.83 bits per heavy atom. The summed E-state index contributed by atoms with van der Waals surface area (Å²) in [5.41, 5.74) is 2.29. The third-order valence-electron chi connectivity index (χ3n) is 4.60. The van der Waals surface area contributed by atoms with Crippen molar-refractivity contribution in [2.24, 2.45) is 0 Å². The number of rotatable bonds is 4. The Kier molecular flexibility index (Phi) is 6.13. The highest BCUT2D eigenvalue weighted by Crippen LogP contribution is 2.46. The van der Waals surface area contributed by atoms with E-state index < -0.39 is 6.23 Å². The molecule has 2 aromatic carbocycles. The van der Waals surface area contributed by atoms with E-state index in [2.05, 4.69) is 15.2 Å². The molecule has 0 saturated carbocycles. The molecule has 4 rings (SSSR count). The molecule has 0 N–H and O–H groups in total. The molecule has 0 bridgehead atoms. The van der Waals surface area contributed by atoms with Gasteiger partial charge >= 0.3 is 0 Å². The van der Waals surface area contributed by atoms with Gasteiger partial charge in [-0.25, -0.2) is 0 Å². The van der Waals surface area contributed by atoms with Gasteiger partial charge in [-0.05, 0) is 24.0 Å². The van der Waals surface area contributed by atoms with Gasteiger partial charge < -0.3 is 4.74 Å². The van der Waals surface area contributed by atoms with E-state index in [1.807, 2.05) is 31.2 Å². The molecule has 9 heteroatoms. The smallest absolute Gasteiger partial charge is 0.247 e. The highest BCUT2D eigenvalue weighted by atomic mass is 35.5. The minimum atomic E-state index is -0.905. The second-order valence-electron chi connectivity index (χ2n) is 6.42. The molecule has 1 aromatic heterocycles. The maximum absolute atomic E-state index is 13.1. The van der Waals surface area contributed by atoms with Crippen molar-refractivity contribution in [3.05, 3.63) is 58.1 Å². The number of nitrogens with zero attached hydrogens (tertiary/aromatic N) is 4. The highest BCUT2D eigenvalue weighted by molar-refractivity contribution is 7.99. The summed E-state index contributed by atoms with van der Waals surface area (Å²) in [7, 11) is 0. The molecule has 1 aliphatic rings. The first kappa shape index (κ1) is 20.9. The van der Waals surface area contributed by atoms with Crippen LogP contribution in [0.3, 0.4) is 0 Å². The van der Waals surface area contributed by atoms with E-state index in [-0.39, 0.29) is 18.2 Å². The average Bonchev–Trinajstić information content (AvgIpc) is 2.88. The van der Waals surface area contributed by atoms with Crippen molar-refractivity contribution in [1.29, 1.82) is 0 Å². The van der Waals surface area contributed by atoms with E-state index in [0.717, 1.165) is 5.75 Å². The van der Waals surface area contributed by atoms with Crippen LogP contribution < -0.4 is 9.64 Å². The fraction of sp³-hybridized carbons (Fsp3) is 0.238. The number of carbonyl (C=O) groups is 1. The summed E-state index contributed by atoms with van der Waals surface area (Å²) >= 11 is 14.5. The van der Waals surface area contributed by atoms with Gasteiger partial charge in [-0.15, -0.1) is 10.2 Å². The largest absolute Gasteiger partial charge is 0.447 e. The molecule has 0 fully saturated rings. The Hall–Kier alpha value is -2.35. The number of benzene rings is 2. The van der Waals surface area contributed by atoms with Gasteiger partial charge in [-0.2, -0.15) is 4.98 Å². The molecule has 0 spiro atoms. The quantitative estimate of drug-likeness (QED) is 0.458. The molecule has 2 heterocycles. The first-order chi connectivity index (χ1) is 14.5. The maximum Gasteiger partial charge on any atom is 0.247 e. The van der Waals surface area contributed by atoms with E-state index in [1.54, 1.807) is 30.0 Å². The summed E-state index contributed by atoms with van der Waals surface area (Å²) in [4.78, 5) is 19.2. The molecule has 3 aromatic rings. The number of fused-ring (bicyclic) bond motifs is 3. The molecule has 0 saturated heterocycles. The second-order valence-corrected chi connectivity index (χ2v) is 8.47. The number of amides is 1. The van der Waals surface area contributed by atoms with Gasteiger partial charge in [-0.1, -0.05) is 73.1 Å². The lowest BCUT2D eigenvalue weighted by molar-refractivity contribution is -0.120. The van der Waals surface area contributed by atoms with Crippen LogP contribution in [0.2, 0.25) is 10.0 Å². The predicted molar refractivity (Wildman–Crippen MR) is 119 cm³/mol. The zero-order valence-electron chi connectivity index (χ0n) is 16.3. The molecular formula is C21H18Cl2N4O2S. The lowest BCUT2D eigenvalue weighted by Gasteiger charge is -2.31. The fourth-order valence-electron chi connectivity index (χ4n) is 3.28. The molecule has 1 atom stereocenters. The van der Waals surface area contributed by atoms with Gasteiger partial charge in [-0.3, -0.25) is 9.69 Å². The Balaban J connectivity index is 2.00. The van der Waals surface area contributed by atoms with Crippen LogP contribution in [0.5, 0.6) is 5.88 Å². The third kappa shape index (κ3) is 3.73. The van der Waals surface area contributed by atoms with Crippen LogP contribution in [0.1, 0.15) is 32.1 Å². The van der Waals surface area contributed by atoms with Crippen LogP contribution in [0.4, 0.5) is 5.69 Å². The Bertz CT molecular complexity index is 1090. The van der Waals surface area contributed by atoms with E-state index in [4.69, 9.17) is 27.9 Å². The van der Waals surface area contributed by atoms with Crippen LogP contribution in [0, 0.1) is 0 Å². The van der Waals surface area contributed by atoms with Gasteiger partial charge in [0.1, 0.15) is 0 Å². The number of carbonyl (C=O) groups excluding carboxylic acids is 1. The first-order valence-electron chi connectivity index (χ1n) is 9.44. The molecule has 154 valence electrons. The van der Waals surface area contributed by atoms with Crippen molar-refractivity contribution in [2.45, 2.75) is 31.7 Å². The van der Waals surface area contributed by atoms with E-state index in [0.29, 0.717) is 37.7 Å². The highest BCUT2D eigenvalue weighted by Gasteiger charge is 2.37. The zero-order chi connectivity index (χ0) is 21.3. The van der Waals surface area contributed by atoms with Gasteiger partial charge in [0.15, 0.2) is 5.69 Å². The molecule has 30 heavy (non-hydrogen) atoms. The van der Waals surface area contributed by atoms with E-state index >= 15 is 0 Å². The summed E-state index contributed by atoms with van der Waals surface area (Å²) in [5, 5.41) is 9.87. The van der Waals surface area contributed by atoms with Gasteiger partial charge in [0.25, 0.3) is 0 Å². The second kappa shape index (κ2) is 8.79. The van der Waals surface area contributed by atoms with Crippen molar-refractivity contribution < 1.29 is 9.53 Å². The topological polar surface area (TPSA) is 68.2 Å². The van der Waals surface area contributed by atoms with Crippen molar-refractivity contribution in [3.8, 4) is 17.1 Å². The van der Waals surface area contributed by atoms with Crippen LogP contribution in [-0.2, 0) is 4.79 Å². The number of ether oxygens (including phenoxy) is 1. The van der Waals surface area contributed by atoms with Crippen LogP contribution >= 0.6 is 35.0 Å². The average molecular weight is 461 g/mol. The number of anilines is 1. The lowest BCUT2D eigenvalue weighted by Crippen LogP contribution is -2.37. The normalized spacial score (nSPS) is 15.1. The molecular weight excluding hydrogens is 443 g/mol. The molecule has 0 radical (unpaired) electrons. The van der Waals surface area contributed by atoms with Crippen LogP contribution in [0.25, 0.3) is 11.3 Å². The first-order valence-corrected chi connectivity index (χ1v) is 11.2.